The second kappa shape index (κ2) is 11.4. The van der Waals surface area contributed by atoms with Crippen LogP contribution in [0.3, 0.4) is 0 Å². The average molecular weight is 534 g/mol. The fourth-order valence-electron chi connectivity index (χ4n) is 4.48. The van der Waals surface area contributed by atoms with Crippen LogP contribution in [0.1, 0.15) is 40.7 Å². The molecule has 0 aliphatic carbocycles. The minimum atomic E-state index is -0.387. The van der Waals surface area contributed by atoms with Crippen molar-refractivity contribution in [3.05, 3.63) is 69.7 Å². The standard InChI is InChI=1S/C27H27N5O3S2/c1-17(33)22-6-7-23(36-22)21-5-3-2-4-19(21)16-28-15-18-9-12-32(13-10-18)26-29-11-8-20(30-26)14-24-25(34)31-27(35)37-24/h2-8,11,14,18,28H,9-10,12-13,15-16H2,1H3,(H,31,34,35). The van der Waals surface area contributed by atoms with Crippen LogP contribution in [0.5, 0.6) is 0 Å². The highest BCUT2D eigenvalue weighted by molar-refractivity contribution is 8.18. The number of nitrogens with zero attached hydrogens (tertiary/aromatic N) is 3. The molecule has 190 valence electrons. The molecule has 2 aliphatic rings. The molecule has 2 aliphatic heterocycles. The second-order valence-electron chi connectivity index (χ2n) is 9.07. The monoisotopic (exact) mass is 533 g/mol. The molecular weight excluding hydrogens is 506 g/mol. The van der Waals surface area contributed by atoms with Gasteiger partial charge < -0.3 is 10.2 Å². The molecule has 37 heavy (non-hydrogen) atoms. The number of thiophene rings is 1. The zero-order chi connectivity index (χ0) is 25.8. The molecule has 0 spiro atoms. The van der Waals surface area contributed by atoms with Crippen LogP contribution < -0.4 is 15.5 Å². The molecule has 2 aromatic heterocycles. The molecule has 2 fully saturated rings. The molecule has 2 amide bonds. The number of carbonyl (C=O) groups is 3. The molecule has 10 heteroatoms. The van der Waals surface area contributed by atoms with E-state index in [9.17, 15) is 14.4 Å². The fraction of sp³-hybridized carbons (Fsp3) is 0.296. The molecule has 0 bridgehead atoms. The number of hydrogen-bond acceptors (Lipinski definition) is 9. The van der Waals surface area contributed by atoms with E-state index >= 15 is 0 Å². The van der Waals surface area contributed by atoms with E-state index in [0.717, 1.165) is 60.5 Å². The van der Waals surface area contributed by atoms with Gasteiger partial charge in [0.15, 0.2) is 5.78 Å². The number of benzene rings is 1. The number of thioether (sulfide) groups is 1. The number of aromatic nitrogens is 2. The predicted octanol–water partition coefficient (Wildman–Crippen LogP) is 4.74. The number of carbonyl (C=O) groups excluding carboxylic acids is 3. The van der Waals surface area contributed by atoms with Gasteiger partial charge in [0.25, 0.3) is 11.1 Å². The van der Waals surface area contributed by atoms with Crippen molar-refractivity contribution in [1.82, 2.24) is 20.6 Å². The number of rotatable bonds is 8. The third kappa shape index (κ3) is 6.15. The largest absolute Gasteiger partial charge is 0.341 e. The van der Waals surface area contributed by atoms with E-state index < -0.39 is 0 Å². The van der Waals surface area contributed by atoms with E-state index in [2.05, 4.69) is 43.7 Å². The first-order valence-corrected chi connectivity index (χ1v) is 13.8. The molecular formula is C27H27N5O3S2. The maximum Gasteiger partial charge on any atom is 0.290 e. The van der Waals surface area contributed by atoms with Gasteiger partial charge in [0.1, 0.15) is 0 Å². The quantitative estimate of drug-likeness (QED) is 0.316. The number of imide groups is 1. The lowest BCUT2D eigenvalue weighted by Crippen LogP contribution is -2.38. The topological polar surface area (TPSA) is 104 Å². The first-order valence-electron chi connectivity index (χ1n) is 12.2. The summed E-state index contributed by atoms with van der Waals surface area (Å²) in [5, 5.41) is 5.53. The Bertz CT molecular complexity index is 1360. The third-order valence-electron chi connectivity index (χ3n) is 6.47. The molecule has 2 N–H and O–H groups in total. The maximum absolute atomic E-state index is 11.8. The zero-order valence-electron chi connectivity index (χ0n) is 20.4. The number of hydrogen-bond donors (Lipinski definition) is 2. The Balaban J connectivity index is 1.14. The summed E-state index contributed by atoms with van der Waals surface area (Å²) in [6, 6.07) is 14.0. The molecule has 4 heterocycles. The molecule has 2 saturated heterocycles. The van der Waals surface area contributed by atoms with Gasteiger partial charge in [-0.2, -0.15) is 0 Å². The lowest BCUT2D eigenvalue weighted by Gasteiger charge is -2.32. The zero-order valence-corrected chi connectivity index (χ0v) is 22.0. The summed E-state index contributed by atoms with van der Waals surface area (Å²) in [6.07, 6.45) is 5.37. The lowest BCUT2D eigenvalue weighted by molar-refractivity contribution is -0.115. The Hall–Kier alpha value is -3.34. The van der Waals surface area contributed by atoms with Gasteiger partial charge in [0.2, 0.25) is 5.95 Å². The van der Waals surface area contributed by atoms with Gasteiger partial charge in [-0.15, -0.1) is 11.3 Å². The highest BCUT2D eigenvalue weighted by Gasteiger charge is 2.26. The van der Waals surface area contributed by atoms with Gasteiger partial charge in [0, 0.05) is 30.7 Å². The van der Waals surface area contributed by atoms with Crippen molar-refractivity contribution in [2.75, 3.05) is 24.5 Å². The second-order valence-corrected chi connectivity index (χ2v) is 11.2. The highest BCUT2D eigenvalue weighted by Crippen LogP contribution is 2.31. The van der Waals surface area contributed by atoms with Gasteiger partial charge in [0.05, 0.1) is 15.5 Å². The average Bonchev–Trinajstić information content (AvgIpc) is 3.51. The summed E-state index contributed by atoms with van der Waals surface area (Å²) in [4.78, 5) is 48.3. The smallest absolute Gasteiger partial charge is 0.290 e. The lowest BCUT2D eigenvalue weighted by atomic mass is 9.96. The van der Waals surface area contributed by atoms with Crippen molar-refractivity contribution in [2.45, 2.75) is 26.3 Å². The molecule has 3 aromatic rings. The Kier molecular flexibility index (Phi) is 7.78. The van der Waals surface area contributed by atoms with Crippen LogP contribution in [0.2, 0.25) is 0 Å². The fourth-order valence-corrected chi connectivity index (χ4v) is 6.11. The minimum Gasteiger partial charge on any atom is -0.341 e. The number of piperidine rings is 1. The molecule has 0 unspecified atom stereocenters. The van der Waals surface area contributed by atoms with Crippen molar-refractivity contribution in [2.24, 2.45) is 5.92 Å². The van der Waals surface area contributed by atoms with Gasteiger partial charge in [-0.1, -0.05) is 24.3 Å². The van der Waals surface area contributed by atoms with Crippen LogP contribution in [-0.4, -0.2) is 46.5 Å². The summed E-state index contributed by atoms with van der Waals surface area (Å²) in [5.74, 6) is 0.918. The Morgan fingerprint density at radius 1 is 1.16 bits per heavy atom. The highest BCUT2D eigenvalue weighted by atomic mass is 32.2. The number of amides is 2. The summed E-state index contributed by atoms with van der Waals surface area (Å²) in [7, 11) is 0. The molecule has 5 rings (SSSR count). The van der Waals surface area contributed by atoms with Gasteiger partial charge in [-0.05, 0) is 79.4 Å². The van der Waals surface area contributed by atoms with Crippen LogP contribution in [0.4, 0.5) is 10.7 Å². The molecule has 0 radical (unpaired) electrons. The van der Waals surface area contributed by atoms with E-state index in [0.29, 0.717) is 22.5 Å². The van der Waals surface area contributed by atoms with Gasteiger partial charge in [-0.3, -0.25) is 19.7 Å². The van der Waals surface area contributed by atoms with Crippen molar-refractivity contribution in [3.8, 4) is 10.4 Å². The number of ketones is 1. The molecule has 8 nitrogen and oxygen atoms in total. The minimum absolute atomic E-state index is 0.101. The van der Waals surface area contributed by atoms with Crippen molar-refractivity contribution >= 4 is 52.1 Å². The molecule has 0 saturated carbocycles. The van der Waals surface area contributed by atoms with Crippen molar-refractivity contribution in [3.63, 3.8) is 0 Å². The summed E-state index contributed by atoms with van der Waals surface area (Å²) in [5.41, 5.74) is 3.01. The van der Waals surface area contributed by atoms with Gasteiger partial charge in [-0.25, -0.2) is 9.97 Å². The van der Waals surface area contributed by atoms with E-state index in [1.165, 1.54) is 11.1 Å². The molecule has 0 atom stereocenters. The Labute approximate surface area is 223 Å². The van der Waals surface area contributed by atoms with Crippen molar-refractivity contribution in [1.29, 1.82) is 0 Å². The Morgan fingerprint density at radius 3 is 2.70 bits per heavy atom. The summed E-state index contributed by atoms with van der Waals surface area (Å²) in [6.45, 7) is 5.03. The first-order chi connectivity index (χ1) is 18.0. The SMILES string of the molecule is CC(=O)c1ccc(-c2ccccc2CNCC2CCN(c3nccc(C=C4SC(=O)NC4=O)n3)CC2)s1. The maximum atomic E-state index is 11.8. The normalized spacial score (nSPS) is 17.4. The molecule has 1 aromatic carbocycles. The van der Waals surface area contributed by atoms with Crippen LogP contribution in [-0.2, 0) is 11.3 Å². The third-order valence-corrected chi connectivity index (χ3v) is 8.50. The van der Waals surface area contributed by atoms with E-state index in [-0.39, 0.29) is 16.9 Å². The van der Waals surface area contributed by atoms with Crippen LogP contribution in [0.15, 0.2) is 53.6 Å². The van der Waals surface area contributed by atoms with Crippen LogP contribution >= 0.6 is 23.1 Å². The number of nitrogens with one attached hydrogen (secondary N) is 2. The first kappa shape index (κ1) is 25.3. The van der Waals surface area contributed by atoms with E-state index in [4.69, 9.17) is 0 Å². The Morgan fingerprint density at radius 2 is 1.97 bits per heavy atom. The number of Topliss-reactive ketones (excluding diaryl/α,β-unsaturated/α-hetero) is 1. The van der Waals surface area contributed by atoms with Gasteiger partial charge >= 0.3 is 0 Å². The van der Waals surface area contributed by atoms with E-state index in [1.807, 2.05) is 18.2 Å². The van der Waals surface area contributed by atoms with E-state index in [1.54, 1.807) is 36.6 Å². The summed E-state index contributed by atoms with van der Waals surface area (Å²) >= 11 is 2.43. The van der Waals surface area contributed by atoms with Crippen LogP contribution in [0.25, 0.3) is 16.5 Å². The van der Waals surface area contributed by atoms with Crippen molar-refractivity contribution < 1.29 is 14.4 Å². The number of anilines is 1. The predicted molar refractivity (Wildman–Crippen MR) is 148 cm³/mol. The summed E-state index contributed by atoms with van der Waals surface area (Å²) < 4.78 is 0. The van der Waals surface area contributed by atoms with Crippen LogP contribution in [0, 0.1) is 5.92 Å².